The number of ether oxygens (including phenoxy) is 1. The normalized spacial score (nSPS) is 11.0. The fourth-order valence-electron chi connectivity index (χ4n) is 1.31. The van der Waals surface area contributed by atoms with Gasteiger partial charge in [0.2, 0.25) is 10.0 Å². The average molecular weight is 274 g/mol. The van der Waals surface area contributed by atoms with Gasteiger partial charge in [-0.3, -0.25) is 0 Å². The lowest BCUT2D eigenvalue weighted by molar-refractivity contribution is 0.0698. The van der Waals surface area contributed by atoms with Gasteiger partial charge in [-0.05, 0) is 12.1 Å². The number of nitrogens with one attached hydrogen (secondary N) is 1. The third-order valence-corrected chi connectivity index (χ3v) is 2.93. The molecule has 0 amide bonds. The molecule has 0 aliphatic heterocycles. The summed E-state index contributed by atoms with van der Waals surface area (Å²) in [6.45, 7) is 0.0201. The Balaban J connectivity index is 2.87. The molecule has 0 atom stereocenters. The molecule has 1 aromatic carbocycles. The molecule has 0 aliphatic carbocycles. The summed E-state index contributed by atoms with van der Waals surface area (Å²) in [4.78, 5) is 11.0. The summed E-state index contributed by atoms with van der Waals surface area (Å²) in [5.74, 6) is -0.933. The largest absolute Gasteiger partial charge is 0.497 e. The number of rotatable bonds is 6. The third kappa shape index (κ3) is 4.22. The van der Waals surface area contributed by atoms with Gasteiger partial charge < -0.3 is 15.2 Å². The summed E-state index contributed by atoms with van der Waals surface area (Å²) >= 11 is 0. The Hall–Kier alpha value is -1.80. The minimum absolute atomic E-state index is 0.0201. The minimum Gasteiger partial charge on any atom is -0.497 e. The number of benzene rings is 1. The molecular formula is C10H14N2O5S. The first kappa shape index (κ1) is 14.3. The van der Waals surface area contributed by atoms with Crippen molar-refractivity contribution in [2.45, 2.75) is 0 Å². The lowest BCUT2D eigenvalue weighted by Crippen LogP contribution is -2.22. The van der Waals surface area contributed by atoms with Gasteiger partial charge in [-0.2, -0.15) is 0 Å². The second kappa shape index (κ2) is 5.69. The number of nitrogens with two attached hydrogens (primary N) is 1. The molecule has 1 rings (SSSR count). The van der Waals surface area contributed by atoms with Crippen LogP contribution in [0.4, 0.5) is 5.69 Å². The van der Waals surface area contributed by atoms with Crippen molar-refractivity contribution in [3.8, 4) is 5.75 Å². The first-order valence-electron chi connectivity index (χ1n) is 4.99. The van der Waals surface area contributed by atoms with Crippen molar-refractivity contribution in [2.75, 3.05) is 24.7 Å². The number of carbonyl (C=O) groups is 1. The summed E-state index contributed by atoms with van der Waals surface area (Å²) in [6.07, 6.45) is 0. The van der Waals surface area contributed by atoms with Gasteiger partial charge in [-0.1, -0.05) is 0 Å². The molecule has 0 heterocycles. The Labute approximate surface area is 105 Å². The highest BCUT2D eigenvalue weighted by Crippen LogP contribution is 2.22. The number of aromatic carboxylic acids is 1. The highest BCUT2D eigenvalue weighted by molar-refractivity contribution is 7.89. The van der Waals surface area contributed by atoms with Crippen molar-refractivity contribution in [3.63, 3.8) is 0 Å². The number of hydrogen-bond acceptors (Lipinski definition) is 5. The number of sulfonamides is 1. The van der Waals surface area contributed by atoms with E-state index in [9.17, 15) is 13.2 Å². The molecule has 0 aliphatic rings. The van der Waals surface area contributed by atoms with Gasteiger partial charge in [0.1, 0.15) is 5.75 Å². The van der Waals surface area contributed by atoms with E-state index in [1.54, 1.807) is 0 Å². The Kier molecular flexibility index (Phi) is 4.51. The van der Waals surface area contributed by atoms with Crippen LogP contribution < -0.4 is 15.2 Å². The van der Waals surface area contributed by atoms with Crippen LogP contribution >= 0.6 is 0 Å². The topological polar surface area (TPSA) is 119 Å². The van der Waals surface area contributed by atoms with Crippen LogP contribution in [0.25, 0.3) is 0 Å². The molecule has 0 aromatic heterocycles. The maximum atomic E-state index is 11.0. The van der Waals surface area contributed by atoms with E-state index in [0.29, 0.717) is 5.75 Å². The van der Waals surface area contributed by atoms with E-state index in [2.05, 4.69) is 5.32 Å². The van der Waals surface area contributed by atoms with E-state index in [0.717, 1.165) is 0 Å². The van der Waals surface area contributed by atoms with Crippen molar-refractivity contribution in [1.29, 1.82) is 0 Å². The molecule has 0 radical (unpaired) electrons. The molecule has 8 heteroatoms. The van der Waals surface area contributed by atoms with E-state index in [1.807, 2.05) is 0 Å². The van der Waals surface area contributed by atoms with E-state index >= 15 is 0 Å². The van der Waals surface area contributed by atoms with Crippen LogP contribution in [-0.4, -0.2) is 38.9 Å². The maximum absolute atomic E-state index is 11.0. The van der Waals surface area contributed by atoms with Gasteiger partial charge in [-0.15, -0.1) is 0 Å². The SMILES string of the molecule is COc1ccc(C(=O)O)c(NCCS(N)(=O)=O)c1. The van der Waals surface area contributed by atoms with Crippen LogP contribution in [0.3, 0.4) is 0 Å². The van der Waals surface area contributed by atoms with Crippen molar-refractivity contribution >= 4 is 21.7 Å². The second-order valence-corrected chi connectivity index (χ2v) is 5.24. The summed E-state index contributed by atoms with van der Waals surface area (Å²) in [5.41, 5.74) is 0.315. The van der Waals surface area contributed by atoms with Crippen molar-refractivity contribution in [3.05, 3.63) is 23.8 Å². The van der Waals surface area contributed by atoms with E-state index < -0.39 is 16.0 Å². The van der Waals surface area contributed by atoms with Gasteiger partial charge in [0, 0.05) is 12.6 Å². The lowest BCUT2D eigenvalue weighted by atomic mass is 10.1. The van der Waals surface area contributed by atoms with Crippen LogP contribution in [0.5, 0.6) is 5.75 Å². The molecule has 0 unspecified atom stereocenters. The average Bonchev–Trinajstić information content (AvgIpc) is 2.26. The van der Waals surface area contributed by atoms with Gasteiger partial charge in [0.25, 0.3) is 0 Å². The van der Waals surface area contributed by atoms with Gasteiger partial charge in [0.05, 0.1) is 24.1 Å². The fraction of sp³-hybridized carbons (Fsp3) is 0.300. The molecule has 0 bridgehead atoms. The fourth-order valence-corrected chi connectivity index (χ4v) is 1.70. The predicted molar refractivity (Wildman–Crippen MR) is 66.4 cm³/mol. The number of carboxylic acids is 1. The molecule has 0 saturated carbocycles. The lowest BCUT2D eigenvalue weighted by Gasteiger charge is -2.10. The zero-order chi connectivity index (χ0) is 13.8. The molecule has 0 spiro atoms. The number of methoxy groups -OCH3 is 1. The van der Waals surface area contributed by atoms with Crippen molar-refractivity contribution in [1.82, 2.24) is 0 Å². The summed E-state index contributed by atoms with van der Waals surface area (Å²) in [5, 5.41) is 16.5. The number of anilines is 1. The summed E-state index contributed by atoms with van der Waals surface area (Å²) < 4.78 is 26.5. The molecule has 18 heavy (non-hydrogen) atoms. The molecule has 7 nitrogen and oxygen atoms in total. The molecule has 100 valence electrons. The number of hydrogen-bond donors (Lipinski definition) is 3. The Bertz CT molecular complexity index is 541. The quantitative estimate of drug-likeness (QED) is 0.676. The van der Waals surface area contributed by atoms with Crippen LogP contribution in [-0.2, 0) is 10.0 Å². The minimum atomic E-state index is -3.58. The van der Waals surface area contributed by atoms with Gasteiger partial charge in [0.15, 0.2) is 0 Å². The van der Waals surface area contributed by atoms with Crippen LogP contribution in [0.2, 0.25) is 0 Å². The first-order valence-corrected chi connectivity index (χ1v) is 6.70. The maximum Gasteiger partial charge on any atom is 0.337 e. The molecular weight excluding hydrogens is 260 g/mol. The van der Waals surface area contributed by atoms with Crippen LogP contribution in [0, 0.1) is 0 Å². The van der Waals surface area contributed by atoms with E-state index in [4.69, 9.17) is 15.0 Å². The standard InChI is InChI=1S/C10H14N2O5S/c1-17-7-2-3-8(10(13)14)9(6-7)12-4-5-18(11,15)16/h2-3,6,12H,4-5H2,1H3,(H,13,14)(H2,11,15,16). The zero-order valence-electron chi connectivity index (χ0n) is 9.71. The number of primary sulfonamides is 1. The Morgan fingerprint density at radius 3 is 2.67 bits per heavy atom. The van der Waals surface area contributed by atoms with Crippen molar-refractivity contribution < 1.29 is 23.1 Å². The monoisotopic (exact) mass is 274 g/mol. The Morgan fingerprint density at radius 1 is 1.50 bits per heavy atom. The molecule has 4 N–H and O–H groups in total. The smallest absolute Gasteiger partial charge is 0.337 e. The highest BCUT2D eigenvalue weighted by atomic mass is 32.2. The molecule has 1 aromatic rings. The third-order valence-electron chi connectivity index (χ3n) is 2.16. The first-order chi connectivity index (χ1) is 8.33. The molecule has 0 saturated heterocycles. The van der Waals surface area contributed by atoms with E-state index in [-0.39, 0.29) is 23.5 Å². The highest BCUT2D eigenvalue weighted by Gasteiger charge is 2.11. The number of carboxylic acid groups (broad SMARTS) is 1. The van der Waals surface area contributed by atoms with Gasteiger partial charge >= 0.3 is 5.97 Å². The van der Waals surface area contributed by atoms with Crippen LogP contribution in [0.1, 0.15) is 10.4 Å². The van der Waals surface area contributed by atoms with Crippen LogP contribution in [0.15, 0.2) is 18.2 Å². The molecule has 0 fully saturated rings. The second-order valence-electron chi connectivity index (χ2n) is 3.51. The van der Waals surface area contributed by atoms with E-state index in [1.165, 1.54) is 25.3 Å². The zero-order valence-corrected chi connectivity index (χ0v) is 10.5. The van der Waals surface area contributed by atoms with Crippen molar-refractivity contribution in [2.24, 2.45) is 5.14 Å². The predicted octanol–water partition coefficient (Wildman–Crippen LogP) is 0.0938. The van der Waals surface area contributed by atoms with Gasteiger partial charge in [-0.25, -0.2) is 18.4 Å². The summed E-state index contributed by atoms with van der Waals surface area (Å²) in [7, 11) is -2.14. The summed E-state index contributed by atoms with van der Waals surface area (Å²) in [6, 6.07) is 4.36. The Morgan fingerprint density at radius 2 is 2.17 bits per heavy atom.